The summed E-state index contributed by atoms with van der Waals surface area (Å²) in [5, 5.41) is 0. The van der Waals surface area contributed by atoms with Crippen LogP contribution >= 0.6 is 0 Å². The third-order valence-electron chi connectivity index (χ3n) is 4.67. The average Bonchev–Trinajstić information content (AvgIpc) is 2.90. The minimum Gasteiger partial charge on any atom is -0.323 e. The van der Waals surface area contributed by atoms with E-state index in [1.54, 1.807) is 6.33 Å². The molecule has 3 rings (SSSR count). The van der Waals surface area contributed by atoms with E-state index >= 15 is 0 Å². The van der Waals surface area contributed by atoms with Gasteiger partial charge < -0.3 is 4.57 Å². The van der Waals surface area contributed by atoms with E-state index < -0.39 is 0 Å². The summed E-state index contributed by atoms with van der Waals surface area (Å²) < 4.78 is 1.99. The van der Waals surface area contributed by atoms with Crippen LogP contribution in [0.5, 0.6) is 0 Å². The molecule has 0 spiro atoms. The van der Waals surface area contributed by atoms with Gasteiger partial charge in [0.2, 0.25) is 0 Å². The topological polar surface area (TPSA) is 34.9 Å². The van der Waals surface area contributed by atoms with E-state index in [2.05, 4.69) is 11.9 Å². The molecule has 0 N–H and O–H groups in total. The van der Waals surface area contributed by atoms with Crippen molar-refractivity contribution in [3.8, 4) is 0 Å². The van der Waals surface area contributed by atoms with E-state index in [4.69, 9.17) is 0 Å². The smallest absolute Gasteiger partial charge is 0.155 e. The van der Waals surface area contributed by atoms with Crippen molar-refractivity contribution in [3.05, 3.63) is 30.6 Å². The molecule has 0 bridgehead atoms. The lowest BCUT2D eigenvalue weighted by atomic mass is 9.78. The van der Waals surface area contributed by atoms with E-state index in [1.165, 1.54) is 19.3 Å². The summed E-state index contributed by atoms with van der Waals surface area (Å²) in [7, 11) is 0. The fourth-order valence-electron chi connectivity index (χ4n) is 3.39. The van der Waals surface area contributed by atoms with Crippen molar-refractivity contribution in [2.45, 2.75) is 45.6 Å². The third kappa shape index (κ3) is 2.62. The molecule has 3 heteroatoms. The number of benzene rings is 1. The molecule has 106 valence electrons. The average molecular weight is 270 g/mol. The van der Waals surface area contributed by atoms with E-state index in [9.17, 15) is 4.79 Å². The van der Waals surface area contributed by atoms with Gasteiger partial charge in [0.1, 0.15) is 0 Å². The van der Waals surface area contributed by atoms with Crippen molar-refractivity contribution in [3.63, 3.8) is 0 Å². The number of para-hydroxylation sites is 2. The Hall–Kier alpha value is -1.64. The Kier molecular flexibility index (Phi) is 3.86. The highest BCUT2D eigenvalue weighted by Gasteiger charge is 2.26. The summed E-state index contributed by atoms with van der Waals surface area (Å²) in [4.78, 5) is 16.9. The molecule has 20 heavy (non-hydrogen) atoms. The molecule has 3 nitrogen and oxygen atoms in total. The van der Waals surface area contributed by atoms with Gasteiger partial charge in [-0.15, -0.1) is 0 Å². The summed E-state index contributed by atoms with van der Waals surface area (Å²) in [5.41, 5.74) is 2.03. The van der Waals surface area contributed by atoms with Crippen LogP contribution in [0.15, 0.2) is 30.6 Å². The van der Waals surface area contributed by atoms with Crippen LogP contribution in [0.25, 0.3) is 11.0 Å². The second-order valence-corrected chi connectivity index (χ2v) is 5.97. The molecule has 1 aromatic heterocycles. The van der Waals surface area contributed by atoms with Crippen LogP contribution in [-0.2, 0) is 11.3 Å². The summed E-state index contributed by atoms with van der Waals surface area (Å²) >= 11 is 0. The molecule has 0 aliphatic heterocycles. The molecule has 1 fully saturated rings. The second-order valence-electron chi connectivity index (χ2n) is 5.97. The number of Topliss-reactive ketones (excluding diaryl/α,β-unsaturated/α-hetero) is 1. The molecule has 2 unspecified atom stereocenters. The zero-order valence-corrected chi connectivity index (χ0v) is 12.1. The number of aromatic nitrogens is 2. The predicted octanol–water partition coefficient (Wildman–Crippen LogP) is 3.82. The summed E-state index contributed by atoms with van der Waals surface area (Å²) in [6, 6.07) is 8.00. The van der Waals surface area contributed by atoms with Crippen LogP contribution in [0.1, 0.15) is 39.0 Å². The van der Waals surface area contributed by atoms with Crippen molar-refractivity contribution in [1.29, 1.82) is 0 Å². The van der Waals surface area contributed by atoms with Crippen LogP contribution in [0.2, 0.25) is 0 Å². The van der Waals surface area contributed by atoms with Gasteiger partial charge in [-0.1, -0.05) is 38.3 Å². The molecular weight excluding hydrogens is 248 g/mol. The van der Waals surface area contributed by atoms with Crippen molar-refractivity contribution in [2.75, 3.05) is 0 Å². The molecule has 1 heterocycles. The molecule has 1 saturated carbocycles. The molecule has 1 aromatic carbocycles. The molecule has 0 radical (unpaired) electrons. The van der Waals surface area contributed by atoms with Gasteiger partial charge in [-0.3, -0.25) is 4.79 Å². The SMILES string of the molecule is CCC1CCCC(C(=O)Cn2cnc3ccccc32)C1. The standard InChI is InChI=1S/C17H22N2O/c1-2-13-6-5-7-14(10-13)17(20)11-19-12-18-15-8-3-4-9-16(15)19/h3-4,8-9,12-14H,2,5-7,10-11H2,1H3. The third-order valence-corrected chi connectivity index (χ3v) is 4.67. The van der Waals surface area contributed by atoms with Gasteiger partial charge in [0, 0.05) is 5.92 Å². The Labute approximate surface area is 120 Å². The number of carbonyl (C=O) groups is 1. The zero-order chi connectivity index (χ0) is 13.9. The highest BCUT2D eigenvalue weighted by molar-refractivity contribution is 5.83. The summed E-state index contributed by atoms with van der Waals surface area (Å²) in [6.07, 6.45) is 7.66. The maximum atomic E-state index is 12.5. The number of fused-ring (bicyclic) bond motifs is 1. The highest BCUT2D eigenvalue weighted by Crippen LogP contribution is 2.31. The van der Waals surface area contributed by atoms with Crippen LogP contribution in [0.4, 0.5) is 0 Å². The first-order valence-electron chi connectivity index (χ1n) is 7.70. The largest absolute Gasteiger partial charge is 0.323 e. The van der Waals surface area contributed by atoms with Gasteiger partial charge >= 0.3 is 0 Å². The first kappa shape index (κ1) is 13.3. The van der Waals surface area contributed by atoms with Gasteiger partial charge in [-0.05, 0) is 30.9 Å². The van der Waals surface area contributed by atoms with Crippen LogP contribution in [0.3, 0.4) is 0 Å². The monoisotopic (exact) mass is 270 g/mol. The van der Waals surface area contributed by atoms with Gasteiger partial charge in [0.25, 0.3) is 0 Å². The highest BCUT2D eigenvalue weighted by atomic mass is 16.1. The van der Waals surface area contributed by atoms with E-state index in [0.29, 0.717) is 12.3 Å². The van der Waals surface area contributed by atoms with Crippen molar-refractivity contribution < 1.29 is 4.79 Å². The number of carbonyl (C=O) groups excluding carboxylic acids is 1. The molecule has 1 aliphatic rings. The first-order chi connectivity index (χ1) is 9.78. The lowest BCUT2D eigenvalue weighted by molar-refractivity contribution is -0.124. The fourth-order valence-corrected chi connectivity index (χ4v) is 3.39. The van der Waals surface area contributed by atoms with E-state index in [1.807, 2.05) is 28.8 Å². The van der Waals surface area contributed by atoms with Crippen molar-refractivity contribution in [1.82, 2.24) is 9.55 Å². The lowest BCUT2D eigenvalue weighted by Crippen LogP contribution is -2.25. The fraction of sp³-hybridized carbons (Fsp3) is 0.529. The minimum atomic E-state index is 0.259. The van der Waals surface area contributed by atoms with Crippen LogP contribution < -0.4 is 0 Å². The van der Waals surface area contributed by atoms with Crippen molar-refractivity contribution >= 4 is 16.8 Å². The normalized spacial score (nSPS) is 23.1. The number of imidazole rings is 1. The quantitative estimate of drug-likeness (QED) is 0.846. The van der Waals surface area contributed by atoms with Gasteiger partial charge in [-0.2, -0.15) is 0 Å². The van der Waals surface area contributed by atoms with E-state index in [0.717, 1.165) is 29.8 Å². The molecular formula is C17H22N2O. The predicted molar refractivity (Wildman–Crippen MR) is 80.5 cm³/mol. The molecule has 1 aliphatic carbocycles. The first-order valence-corrected chi connectivity index (χ1v) is 7.70. The molecule has 2 aromatic rings. The minimum absolute atomic E-state index is 0.259. The number of rotatable bonds is 4. The molecule has 2 atom stereocenters. The number of hydrogen-bond donors (Lipinski definition) is 0. The lowest BCUT2D eigenvalue weighted by Gasteiger charge is -2.27. The number of nitrogens with zero attached hydrogens (tertiary/aromatic N) is 2. The summed E-state index contributed by atoms with van der Waals surface area (Å²) in [5.74, 6) is 1.39. The zero-order valence-electron chi connectivity index (χ0n) is 12.1. The maximum absolute atomic E-state index is 12.5. The Morgan fingerprint density at radius 3 is 3.05 bits per heavy atom. The van der Waals surface area contributed by atoms with Crippen molar-refractivity contribution in [2.24, 2.45) is 11.8 Å². The maximum Gasteiger partial charge on any atom is 0.155 e. The number of hydrogen-bond acceptors (Lipinski definition) is 2. The van der Waals surface area contributed by atoms with Gasteiger partial charge in [0.15, 0.2) is 5.78 Å². The van der Waals surface area contributed by atoms with Gasteiger partial charge in [-0.25, -0.2) is 4.98 Å². The molecule has 0 saturated heterocycles. The summed E-state index contributed by atoms with van der Waals surface area (Å²) in [6.45, 7) is 2.71. The number of ketones is 1. The van der Waals surface area contributed by atoms with Crippen LogP contribution in [0, 0.1) is 11.8 Å². The molecule has 0 amide bonds. The Morgan fingerprint density at radius 1 is 1.35 bits per heavy atom. The Morgan fingerprint density at radius 2 is 2.20 bits per heavy atom. The second kappa shape index (κ2) is 5.78. The Balaban J connectivity index is 1.72. The Bertz CT molecular complexity index is 602. The van der Waals surface area contributed by atoms with Crippen LogP contribution in [-0.4, -0.2) is 15.3 Å². The van der Waals surface area contributed by atoms with E-state index in [-0.39, 0.29) is 5.92 Å². The van der Waals surface area contributed by atoms with Gasteiger partial charge in [0.05, 0.1) is 23.9 Å².